The van der Waals surface area contributed by atoms with Gasteiger partial charge in [0.15, 0.2) is 5.12 Å². The first kappa shape index (κ1) is 21.6. The van der Waals surface area contributed by atoms with E-state index in [4.69, 9.17) is 4.74 Å². The lowest BCUT2D eigenvalue weighted by atomic mass is 10.2. The lowest BCUT2D eigenvalue weighted by molar-refractivity contribution is -0.384. The van der Waals surface area contributed by atoms with Gasteiger partial charge in [-0.25, -0.2) is 9.59 Å². The number of non-ortho nitro benzene ring substituents is 1. The Hall–Kier alpha value is -3.15. The van der Waals surface area contributed by atoms with Crippen molar-refractivity contribution in [1.82, 2.24) is 15.1 Å². The molecule has 2 atom stereocenters. The zero-order valence-corrected chi connectivity index (χ0v) is 16.9. The van der Waals surface area contributed by atoms with E-state index in [2.05, 4.69) is 5.32 Å². The van der Waals surface area contributed by atoms with Crippen molar-refractivity contribution in [2.75, 3.05) is 19.6 Å². The second-order valence-electron chi connectivity index (χ2n) is 6.99. The summed E-state index contributed by atoms with van der Waals surface area (Å²) < 4.78 is 5.35. The number of nitrogens with zero attached hydrogens (tertiary/aromatic N) is 3. The largest absolute Gasteiger partial charge is 0.445 e. The Labute approximate surface area is 175 Å². The molecule has 4 amide bonds. The van der Waals surface area contributed by atoms with Crippen LogP contribution < -0.4 is 5.32 Å². The second kappa shape index (κ2) is 9.11. The first-order valence-electron chi connectivity index (χ1n) is 9.15. The van der Waals surface area contributed by atoms with Gasteiger partial charge in [0, 0.05) is 37.4 Å². The van der Waals surface area contributed by atoms with Crippen LogP contribution >= 0.6 is 11.8 Å². The van der Waals surface area contributed by atoms with E-state index < -0.39 is 29.0 Å². The summed E-state index contributed by atoms with van der Waals surface area (Å²) in [6, 6.07) is 4.74. The molecule has 1 N–H and O–H groups in total. The van der Waals surface area contributed by atoms with E-state index in [0.717, 1.165) is 11.8 Å². The fourth-order valence-electron chi connectivity index (χ4n) is 3.42. The van der Waals surface area contributed by atoms with Crippen LogP contribution in [-0.2, 0) is 20.9 Å². The summed E-state index contributed by atoms with van der Waals surface area (Å²) >= 11 is 1.13. The topological polar surface area (TPSA) is 139 Å². The van der Waals surface area contributed by atoms with Gasteiger partial charge >= 0.3 is 12.1 Å². The van der Waals surface area contributed by atoms with E-state index in [1.54, 1.807) is 0 Å². The molecular weight excluding hydrogens is 416 g/mol. The van der Waals surface area contributed by atoms with Crippen molar-refractivity contribution in [2.24, 2.45) is 0 Å². The molecule has 0 unspecified atom stereocenters. The fraction of sp³-hybridized carbons (Fsp3) is 0.444. The van der Waals surface area contributed by atoms with Crippen LogP contribution in [0.2, 0.25) is 0 Å². The van der Waals surface area contributed by atoms with Gasteiger partial charge in [-0.15, -0.1) is 0 Å². The molecule has 160 valence electrons. The van der Waals surface area contributed by atoms with E-state index in [9.17, 15) is 29.3 Å². The summed E-state index contributed by atoms with van der Waals surface area (Å²) in [6.07, 6.45) is -0.134. The van der Waals surface area contributed by atoms with Crippen molar-refractivity contribution >= 4 is 40.6 Å². The molecule has 0 bridgehead atoms. The molecule has 2 fully saturated rings. The molecule has 2 saturated heterocycles. The van der Waals surface area contributed by atoms with E-state index >= 15 is 0 Å². The molecule has 0 spiro atoms. The number of amides is 4. The molecule has 2 heterocycles. The number of thioether (sulfide) groups is 1. The fourth-order valence-corrected chi connectivity index (χ4v) is 4.44. The minimum Gasteiger partial charge on any atom is -0.445 e. The van der Waals surface area contributed by atoms with E-state index in [1.807, 2.05) is 0 Å². The molecule has 0 aromatic heterocycles. The number of carbonyl (C=O) groups excluding carboxylic acids is 4. The summed E-state index contributed by atoms with van der Waals surface area (Å²) in [7, 11) is 0. The highest BCUT2D eigenvalue weighted by molar-refractivity contribution is 8.14. The average Bonchev–Trinajstić information content (AvgIpc) is 3.21. The van der Waals surface area contributed by atoms with Crippen LogP contribution in [0, 0.1) is 10.1 Å². The Morgan fingerprint density at radius 1 is 1.30 bits per heavy atom. The molecule has 0 aliphatic carbocycles. The lowest BCUT2D eigenvalue weighted by Crippen LogP contribution is -2.44. The number of benzene rings is 1. The Morgan fingerprint density at radius 3 is 2.57 bits per heavy atom. The standard InChI is InChI=1S/C18H20N4O7S/c1-11(23)30-15-6-14(7-20-9-16(24)19-17(20)25)21(8-15)18(26)29-10-12-2-4-13(5-3-12)22(27)28/h2-5,14-15H,6-10H2,1H3,(H,19,24,25)/t14-,15-/m0/s1. The van der Waals surface area contributed by atoms with Crippen molar-refractivity contribution in [3.8, 4) is 0 Å². The molecule has 1 aromatic rings. The Morgan fingerprint density at radius 2 is 2.00 bits per heavy atom. The normalized spacial score (nSPS) is 21.0. The predicted octanol–water partition coefficient (Wildman–Crippen LogP) is 1.51. The molecule has 30 heavy (non-hydrogen) atoms. The molecule has 2 aliphatic heterocycles. The van der Waals surface area contributed by atoms with Gasteiger partial charge in [-0.05, 0) is 24.1 Å². The van der Waals surface area contributed by atoms with Crippen LogP contribution in [0.4, 0.5) is 15.3 Å². The van der Waals surface area contributed by atoms with E-state index in [1.165, 1.54) is 41.0 Å². The van der Waals surface area contributed by atoms with Crippen LogP contribution in [0.3, 0.4) is 0 Å². The third kappa shape index (κ3) is 5.26. The quantitative estimate of drug-likeness (QED) is 0.402. The Balaban J connectivity index is 1.63. The monoisotopic (exact) mass is 436 g/mol. The smallest absolute Gasteiger partial charge is 0.410 e. The SMILES string of the molecule is CC(=O)S[C@H]1C[C@@H](CN2CC(=O)NC2=O)N(C(=O)OCc2ccc([N+](=O)[O-])cc2)C1. The average molecular weight is 436 g/mol. The van der Waals surface area contributed by atoms with Crippen molar-refractivity contribution in [1.29, 1.82) is 0 Å². The highest BCUT2D eigenvalue weighted by atomic mass is 32.2. The number of nitro groups is 1. The number of carbonyl (C=O) groups is 4. The van der Waals surface area contributed by atoms with Gasteiger partial charge in [-0.2, -0.15) is 0 Å². The van der Waals surface area contributed by atoms with Crippen molar-refractivity contribution in [3.63, 3.8) is 0 Å². The van der Waals surface area contributed by atoms with Gasteiger partial charge in [0.1, 0.15) is 13.2 Å². The minimum absolute atomic E-state index is 0.0628. The van der Waals surface area contributed by atoms with Crippen LogP contribution in [-0.4, -0.2) is 68.8 Å². The number of ether oxygens (including phenoxy) is 1. The number of hydrogen-bond acceptors (Lipinski definition) is 8. The third-order valence-corrected chi connectivity index (χ3v) is 5.76. The maximum absolute atomic E-state index is 12.7. The van der Waals surface area contributed by atoms with Crippen LogP contribution in [0.5, 0.6) is 0 Å². The van der Waals surface area contributed by atoms with Gasteiger partial charge < -0.3 is 14.5 Å². The summed E-state index contributed by atoms with van der Waals surface area (Å²) in [5.41, 5.74) is 0.524. The summed E-state index contributed by atoms with van der Waals surface area (Å²) in [6.45, 7) is 1.72. The number of nitro benzene ring substituents is 1. The number of likely N-dealkylation sites (tertiary alicyclic amines) is 1. The first-order chi connectivity index (χ1) is 14.2. The number of urea groups is 1. The van der Waals surface area contributed by atoms with E-state index in [0.29, 0.717) is 12.0 Å². The minimum atomic E-state index is -0.615. The van der Waals surface area contributed by atoms with Gasteiger partial charge in [0.05, 0.1) is 11.0 Å². The van der Waals surface area contributed by atoms with Gasteiger partial charge in [0.2, 0.25) is 5.91 Å². The summed E-state index contributed by atoms with van der Waals surface area (Å²) in [5.74, 6) is -0.403. The first-order valence-corrected chi connectivity index (χ1v) is 10.0. The van der Waals surface area contributed by atoms with Crippen LogP contribution in [0.15, 0.2) is 24.3 Å². The maximum Gasteiger partial charge on any atom is 0.410 e. The highest BCUT2D eigenvalue weighted by Gasteiger charge is 2.40. The zero-order valence-electron chi connectivity index (χ0n) is 16.1. The number of imide groups is 1. The summed E-state index contributed by atoms with van der Waals surface area (Å²) in [4.78, 5) is 60.4. The van der Waals surface area contributed by atoms with Gasteiger partial charge in [0.25, 0.3) is 5.69 Å². The molecule has 11 nitrogen and oxygen atoms in total. The number of rotatable bonds is 6. The second-order valence-corrected chi connectivity index (χ2v) is 8.46. The van der Waals surface area contributed by atoms with Crippen molar-refractivity contribution in [3.05, 3.63) is 39.9 Å². The third-order valence-electron chi connectivity index (χ3n) is 4.75. The number of hydrogen-bond donors (Lipinski definition) is 1. The van der Waals surface area contributed by atoms with Crippen molar-refractivity contribution < 1.29 is 28.8 Å². The molecule has 0 radical (unpaired) electrons. The Bertz CT molecular complexity index is 876. The van der Waals surface area contributed by atoms with Crippen molar-refractivity contribution in [2.45, 2.75) is 31.2 Å². The Kier molecular flexibility index (Phi) is 6.55. The summed E-state index contributed by atoms with van der Waals surface area (Å²) in [5, 5.41) is 12.7. The lowest BCUT2D eigenvalue weighted by Gasteiger charge is -2.27. The molecule has 3 rings (SSSR count). The maximum atomic E-state index is 12.7. The zero-order chi connectivity index (χ0) is 21.8. The number of nitrogens with one attached hydrogen (secondary N) is 1. The van der Waals surface area contributed by atoms with Crippen LogP contribution in [0.25, 0.3) is 0 Å². The molecule has 2 aliphatic rings. The molecule has 1 aromatic carbocycles. The molecular formula is C18H20N4O7S. The molecule has 0 saturated carbocycles. The van der Waals surface area contributed by atoms with Crippen LogP contribution in [0.1, 0.15) is 18.9 Å². The highest BCUT2D eigenvalue weighted by Crippen LogP contribution is 2.29. The predicted molar refractivity (Wildman–Crippen MR) is 106 cm³/mol. The van der Waals surface area contributed by atoms with E-state index in [-0.39, 0.29) is 42.3 Å². The molecule has 12 heteroatoms. The van der Waals surface area contributed by atoms with Gasteiger partial charge in [-0.3, -0.25) is 25.0 Å². The van der Waals surface area contributed by atoms with Gasteiger partial charge in [-0.1, -0.05) is 11.8 Å².